The molecule has 4 saturated carbocycles. The van der Waals surface area contributed by atoms with E-state index in [9.17, 15) is 8.42 Å². The highest BCUT2D eigenvalue weighted by Gasteiger charge is 2.52. The normalized spacial score (nSPS) is 29.7. The smallest absolute Gasteiger partial charge is 0.241 e. The first-order valence-electron chi connectivity index (χ1n) is 10.6. The van der Waals surface area contributed by atoms with Crippen molar-refractivity contribution in [3.8, 4) is 0 Å². The van der Waals surface area contributed by atoms with Crippen LogP contribution in [0.5, 0.6) is 0 Å². The van der Waals surface area contributed by atoms with Crippen LogP contribution in [0.25, 0.3) is 0 Å². The summed E-state index contributed by atoms with van der Waals surface area (Å²) in [7, 11) is -3.55. The van der Waals surface area contributed by atoms with Crippen molar-refractivity contribution in [2.24, 2.45) is 17.8 Å². The van der Waals surface area contributed by atoms with E-state index in [-0.39, 0.29) is 5.54 Å². The van der Waals surface area contributed by atoms with E-state index in [1.807, 2.05) is 12.1 Å². The number of benzene rings is 1. The van der Waals surface area contributed by atoms with Gasteiger partial charge in [0.15, 0.2) is 5.11 Å². The van der Waals surface area contributed by atoms with Crippen LogP contribution in [0.4, 0.5) is 5.69 Å². The van der Waals surface area contributed by atoms with Crippen molar-refractivity contribution >= 4 is 33.0 Å². The van der Waals surface area contributed by atoms with E-state index < -0.39 is 10.0 Å². The highest BCUT2D eigenvalue weighted by atomic mass is 32.2. The quantitative estimate of drug-likeness (QED) is 0.583. The number of rotatable bonds is 6. The van der Waals surface area contributed by atoms with Gasteiger partial charge in [-0.3, -0.25) is 0 Å². The van der Waals surface area contributed by atoms with Crippen LogP contribution in [0.3, 0.4) is 0 Å². The second-order valence-corrected chi connectivity index (χ2v) is 11.3. The van der Waals surface area contributed by atoms with Crippen molar-refractivity contribution in [1.82, 2.24) is 10.0 Å². The number of hydrogen-bond acceptors (Lipinski definition) is 4. The second-order valence-electron chi connectivity index (χ2n) is 9.21. The molecule has 0 radical (unpaired) electrons. The van der Waals surface area contributed by atoms with E-state index in [0.29, 0.717) is 34.3 Å². The van der Waals surface area contributed by atoms with Crippen LogP contribution in [0, 0.1) is 17.8 Å². The Morgan fingerprint density at radius 1 is 1.03 bits per heavy atom. The molecule has 1 aromatic carbocycles. The largest absolute Gasteiger partial charge is 0.467 e. The van der Waals surface area contributed by atoms with Crippen molar-refractivity contribution in [1.29, 1.82) is 0 Å². The van der Waals surface area contributed by atoms with E-state index in [2.05, 4.69) is 15.4 Å². The van der Waals surface area contributed by atoms with Crippen molar-refractivity contribution < 1.29 is 12.8 Å². The number of sulfonamides is 1. The Hall–Kier alpha value is -1.90. The first kappa shape index (κ1) is 20.0. The van der Waals surface area contributed by atoms with E-state index in [4.69, 9.17) is 16.6 Å². The van der Waals surface area contributed by atoms with Gasteiger partial charge in [0.25, 0.3) is 0 Å². The molecule has 0 atom stereocenters. The van der Waals surface area contributed by atoms with Crippen LogP contribution in [0.1, 0.15) is 44.3 Å². The van der Waals surface area contributed by atoms with Crippen molar-refractivity contribution in [3.63, 3.8) is 0 Å². The topological polar surface area (TPSA) is 83.4 Å². The number of anilines is 1. The minimum Gasteiger partial charge on any atom is -0.467 e. The zero-order chi connectivity index (χ0) is 20.8. The Morgan fingerprint density at radius 2 is 1.67 bits per heavy atom. The van der Waals surface area contributed by atoms with Gasteiger partial charge >= 0.3 is 0 Å². The van der Waals surface area contributed by atoms with Crippen LogP contribution < -0.4 is 15.4 Å². The van der Waals surface area contributed by atoms with Gasteiger partial charge < -0.3 is 15.1 Å². The monoisotopic (exact) mass is 445 g/mol. The summed E-state index contributed by atoms with van der Waals surface area (Å²) in [5, 5.41) is 6.59. The summed E-state index contributed by atoms with van der Waals surface area (Å²) >= 11 is 5.29. The van der Waals surface area contributed by atoms with E-state index in [0.717, 1.165) is 30.7 Å². The maximum atomic E-state index is 13.1. The standard InChI is InChI=1S/C22H27N3O3S2/c26-30(27,25-22-11-15-8-16(12-22)10-17(9-15)13-22)20-5-3-18(4-6-20)24-21(29)23-14-19-2-1-7-28-19/h1-7,15-17,25H,8-14H2,(H2,23,24,29). The van der Waals surface area contributed by atoms with Crippen LogP contribution >= 0.6 is 12.2 Å². The maximum absolute atomic E-state index is 13.1. The van der Waals surface area contributed by atoms with Crippen LogP contribution in [0.15, 0.2) is 52.0 Å². The van der Waals surface area contributed by atoms with Gasteiger partial charge in [-0.1, -0.05) is 0 Å². The lowest BCUT2D eigenvalue weighted by Gasteiger charge is -2.56. The summed E-state index contributed by atoms with van der Waals surface area (Å²) in [5.74, 6) is 2.87. The molecule has 1 heterocycles. The van der Waals surface area contributed by atoms with E-state index >= 15 is 0 Å². The molecule has 8 heteroatoms. The van der Waals surface area contributed by atoms with Crippen LogP contribution in [-0.4, -0.2) is 19.1 Å². The summed E-state index contributed by atoms with van der Waals surface area (Å²) < 4.78 is 34.6. The summed E-state index contributed by atoms with van der Waals surface area (Å²) in [4.78, 5) is 0.304. The maximum Gasteiger partial charge on any atom is 0.241 e. The van der Waals surface area contributed by atoms with E-state index in [1.54, 1.807) is 30.5 Å². The third-order valence-electron chi connectivity index (χ3n) is 6.81. The van der Waals surface area contributed by atoms with Crippen molar-refractivity contribution in [2.75, 3.05) is 5.32 Å². The minimum absolute atomic E-state index is 0.234. The van der Waals surface area contributed by atoms with Gasteiger partial charge in [-0.25, -0.2) is 13.1 Å². The third-order valence-corrected chi connectivity index (χ3v) is 8.66. The average molecular weight is 446 g/mol. The Bertz CT molecular complexity index is 981. The highest BCUT2D eigenvalue weighted by Crippen LogP contribution is 2.55. The molecular weight excluding hydrogens is 418 g/mol. The fourth-order valence-corrected chi connectivity index (χ4v) is 7.68. The van der Waals surface area contributed by atoms with Gasteiger partial charge in [-0.15, -0.1) is 0 Å². The summed E-state index contributed by atoms with van der Waals surface area (Å²) in [6.07, 6.45) is 8.46. The molecule has 4 fully saturated rings. The molecule has 4 aliphatic carbocycles. The molecule has 1 aromatic heterocycles. The Kier molecular flexibility index (Phi) is 5.11. The van der Waals surface area contributed by atoms with Gasteiger partial charge in [0, 0.05) is 11.2 Å². The van der Waals surface area contributed by atoms with Crippen LogP contribution in [0.2, 0.25) is 0 Å². The summed E-state index contributed by atoms with van der Waals surface area (Å²) in [6, 6.07) is 10.5. The van der Waals surface area contributed by atoms with Crippen LogP contribution in [-0.2, 0) is 16.6 Å². The third kappa shape index (κ3) is 4.13. The summed E-state index contributed by atoms with van der Waals surface area (Å²) in [5.41, 5.74) is 0.502. The number of furan rings is 1. The lowest BCUT2D eigenvalue weighted by atomic mass is 9.53. The molecule has 160 valence electrons. The molecule has 0 aliphatic heterocycles. The molecule has 4 bridgehead atoms. The second kappa shape index (κ2) is 7.66. The number of hydrogen-bond donors (Lipinski definition) is 3. The molecule has 2 aromatic rings. The van der Waals surface area contributed by atoms with Gasteiger partial charge in [0.05, 0.1) is 17.7 Å². The van der Waals surface area contributed by atoms with Gasteiger partial charge in [-0.2, -0.15) is 0 Å². The van der Waals surface area contributed by atoms with Crippen molar-refractivity contribution in [2.45, 2.75) is 55.5 Å². The first-order chi connectivity index (χ1) is 14.4. The predicted octanol–water partition coefficient (Wildman–Crippen LogP) is 4.01. The molecule has 0 saturated heterocycles. The first-order valence-corrected chi connectivity index (χ1v) is 12.5. The molecular formula is C22H27N3O3S2. The molecule has 30 heavy (non-hydrogen) atoms. The number of thiocarbonyl (C=S) groups is 1. The molecule has 0 unspecified atom stereocenters. The molecule has 6 nitrogen and oxygen atoms in total. The Balaban J connectivity index is 1.22. The predicted molar refractivity (Wildman–Crippen MR) is 119 cm³/mol. The van der Waals surface area contributed by atoms with Gasteiger partial charge in [-0.05, 0) is 105 Å². The zero-order valence-corrected chi connectivity index (χ0v) is 18.4. The molecule has 3 N–H and O–H groups in total. The lowest BCUT2D eigenvalue weighted by molar-refractivity contribution is -0.00810. The summed E-state index contributed by atoms with van der Waals surface area (Å²) in [6.45, 7) is 0.486. The Morgan fingerprint density at radius 3 is 2.23 bits per heavy atom. The molecule has 0 amide bonds. The SMILES string of the molecule is O=S(=O)(NC12CC3CC(CC(C3)C1)C2)c1ccc(NC(=S)NCc2ccco2)cc1. The fourth-order valence-electron chi connectivity index (χ4n) is 6.05. The minimum atomic E-state index is -3.55. The fraction of sp³-hybridized carbons (Fsp3) is 0.500. The average Bonchev–Trinajstić information content (AvgIpc) is 3.18. The van der Waals surface area contributed by atoms with Gasteiger partial charge in [0.2, 0.25) is 10.0 Å². The number of nitrogens with one attached hydrogen (secondary N) is 3. The molecule has 4 aliphatic rings. The molecule has 0 spiro atoms. The highest BCUT2D eigenvalue weighted by molar-refractivity contribution is 7.89. The molecule has 6 rings (SSSR count). The lowest BCUT2D eigenvalue weighted by Crippen LogP contribution is -2.59. The van der Waals surface area contributed by atoms with E-state index in [1.165, 1.54) is 19.3 Å². The Labute approximate surface area is 182 Å². The van der Waals surface area contributed by atoms with Crippen molar-refractivity contribution in [3.05, 3.63) is 48.4 Å². The zero-order valence-electron chi connectivity index (χ0n) is 16.8. The van der Waals surface area contributed by atoms with Gasteiger partial charge in [0.1, 0.15) is 5.76 Å².